The van der Waals surface area contributed by atoms with Crippen molar-refractivity contribution < 1.29 is 9.21 Å². The number of nitrogens with one attached hydrogen (secondary N) is 2. The predicted molar refractivity (Wildman–Crippen MR) is 74.4 cm³/mol. The highest BCUT2D eigenvalue weighted by Crippen LogP contribution is 2.13. The van der Waals surface area contributed by atoms with Gasteiger partial charge in [0.05, 0.1) is 11.9 Å². The van der Waals surface area contributed by atoms with Gasteiger partial charge in [-0.25, -0.2) is 4.98 Å². The second-order valence-corrected chi connectivity index (χ2v) is 4.60. The van der Waals surface area contributed by atoms with Gasteiger partial charge in [0, 0.05) is 6.04 Å². The number of carbonyl (C=O) groups excluding carboxylic acids is 1. The lowest BCUT2D eigenvalue weighted by molar-refractivity contribution is 0.0995. The summed E-state index contributed by atoms with van der Waals surface area (Å²) in [5.74, 6) is 1.50. The monoisotopic (exact) mass is 259 g/mol. The van der Waals surface area contributed by atoms with Crippen LogP contribution in [0.1, 0.15) is 30.2 Å². The molecule has 1 amide bonds. The number of nitrogens with zero attached hydrogens (tertiary/aromatic N) is 1. The first-order valence-corrected chi connectivity index (χ1v) is 6.15. The molecule has 2 heterocycles. The second-order valence-electron chi connectivity index (χ2n) is 4.60. The minimum atomic E-state index is -0.278. The number of aryl methyl sites for hydroxylation is 1. The van der Waals surface area contributed by atoms with E-state index in [1.54, 1.807) is 31.3 Å². The maximum absolute atomic E-state index is 11.8. The molecule has 0 aliphatic rings. The molecule has 0 saturated carbocycles. The molecule has 2 N–H and O–H groups in total. The molecule has 2 aromatic heterocycles. The molecule has 0 spiro atoms. The Kier molecular flexibility index (Phi) is 3.85. The lowest BCUT2D eigenvalue weighted by Crippen LogP contribution is -2.13. The lowest BCUT2D eigenvalue weighted by atomic mass is 10.3. The Morgan fingerprint density at radius 1 is 1.26 bits per heavy atom. The maximum atomic E-state index is 11.8. The average molecular weight is 259 g/mol. The average Bonchev–Trinajstić information content (AvgIpc) is 2.78. The van der Waals surface area contributed by atoms with Crippen molar-refractivity contribution in [2.24, 2.45) is 0 Å². The number of carbonyl (C=O) groups is 1. The zero-order chi connectivity index (χ0) is 13.8. The van der Waals surface area contributed by atoms with Gasteiger partial charge in [-0.05, 0) is 45.0 Å². The van der Waals surface area contributed by atoms with E-state index in [4.69, 9.17) is 4.42 Å². The second kappa shape index (κ2) is 5.56. The fourth-order valence-electron chi connectivity index (χ4n) is 1.60. The van der Waals surface area contributed by atoms with Crippen LogP contribution >= 0.6 is 0 Å². The molecule has 0 atom stereocenters. The Morgan fingerprint density at radius 2 is 2.05 bits per heavy atom. The van der Waals surface area contributed by atoms with Crippen molar-refractivity contribution in [1.82, 2.24) is 4.98 Å². The predicted octanol–water partition coefficient (Wildman–Crippen LogP) is 3.06. The molecule has 0 aliphatic carbocycles. The molecule has 2 rings (SSSR count). The van der Waals surface area contributed by atoms with Crippen LogP contribution < -0.4 is 10.6 Å². The first-order chi connectivity index (χ1) is 9.04. The Bertz CT molecular complexity index is 558. The molecule has 0 saturated heterocycles. The molecule has 5 heteroatoms. The minimum absolute atomic E-state index is 0.278. The minimum Gasteiger partial charge on any atom is -0.456 e. The van der Waals surface area contributed by atoms with Crippen molar-refractivity contribution in [3.63, 3.8) is 0 Å². The summed E-state index contributed by atoms with van der Waals surface area (Å²) in [6.45, 7) is 5.87. The maximum Gasteiger partial charge on any atom is 0.291 e. The van der Waals surface area contributed by atoms with E-state index in [1.807, 2.05) is 19.9 Å². The highest BCUT2D eigenvalue weighted by atomic mass is 16.3. The van der Waals surface area contributed by atoms with Crippen LogP contribution in [-0.4, -0.2) is 16.9 Å². The summed E-state index contributed by atoms with van der Waals surface area (Å²) < 4.78 is 5.25. The third kappa shape index (κ3) is 3.58. The Hall–Kier alpha value is -2.30. The largest absolute Gasteiger partial charge is 0.456 e. The van der Waals surface area contributed by atoms with Crippen LogP contribution in [0.25, 0.3) is 0 Å². The summed E-state index contributed by atoms with van der Waals surface area (Å²) >= 11 is 0. The van der Waals surface area contributed by atoms with Crippen molar-refractivity contribution in [2.75, 3.05) is 10.6 Å². The SMILES string of the molecule is Cc1ccc(C(=O)Nc2ccc(NC(C)C)nc2)o1. The van der Waals surface area contributed by atoms with Crippen LogP contribution in [-0.2, 0) is 0 Å². The van der Waals surface area contributed by atoms with Crippen LogP contribution in [0.15, 0.2) is 34.9 Å². The number of rotatable bonds is 4. The molecule has 0 bridgehead atoms. The van der Waals surface area contributed by atoms with E-state index in [9.17, 15) is 4.79 Å². The van der Waals surface area contributed by atoms with Crippen LogP contribution in [0.5, 0.6) is 0 Å². The standard InChI is InChI=1S/C14H17N3O2/c1-9(2)16-13-7-5-11(8-15-13)17-14(18)12-6-4-10(3)19-12/h4-9H,1-3H3,(H,15,16)(H,17,18). The van der Waals surface area contributed by atoms with E-state index in [0.29, 0.717) is 23.2 Å². The van der Waals surface area contributed by atoms with E-state index in [2.05, 4.69) is 15.6 Å². The van der Waals surface area contributed by atoms with Gasteiger partial charge in [-0.2, -0.15) is 0 Å². The number of amides is 1. The van der Waals surface area contributed by atoms with Crippen molar-refractivity contribution in [1.29, 1.82) is 0 Å². The summed E-state index contributed by atoms with van der Waals surface area (Å²) in [5.41, 5.74) is 0.633. The van der Waals surface area contributed by atoms with Gasteiger partial charge in [0.2, 0.25) is 0 Å². The van der Waals surface area contributed by atoms with Crippen molar-refractivity contribution in [2.45, 2.75) is 26.8 Å². The molecule has 0 aromatic carbocycles. The van der Waals surface area contributed by atoms with Gasteiger partial charge < -0.3 is 15.1 Å². The van der Waals surface area contributed by atoms with E-state index in [0.717, 1.165) is 5.82 Å². The summed E-state index contributed by atoms with van der Waals surface area (Å²) in [6, 6.07) is 7.34. The summed E-state index contributed by atoms with van der Waals surface area (Å²) in [7, 11) is 0. The highest BCUT2D eigenvalue weighted by Gasteiger charge is 2.10. The molecular formula is C14H17N3O2. The van der Waals surface area contributed by atoms with Gasteiger partial charge in [0.25, 0.3) is 5.91 Å². The number of hydrogen-bond acceptors (Lipinski definition) is 4. The van der Waals surface area contributed by atoms with Crippen molar-refractivity contribution >= 4 is 17.4 Å². The highest BCUT2D eigenvalue weighted by molar-refractivity contribution is 6.02. The normalized spacial score (nSPS) is 10.5. The molecule has 100 valence electrons. The van der Waals surface area contributed by atoms with Crippen LogP contribution in [0.4, 0.5) is 11.5 Å². The van der Waals surface area contributed by atoms with Gasteiger partial charge in [-0.1, -0.05) is 0 Å². The van der Waals surface area contributed by atoms with Gasteiger partial charge >= 0.3 is 0 Å². The first kappa shape index (κ1) is 13.1. The quantitative estimate of drug-likeness (QED) is 0.885. The van der Waals surface area contributed by atoms with Crippen molar-refractivity contribution in [3.8, 4) is 0 Å². The van der Waals surface area contributed by atoms with E-state index in [-0.39, 0.29) is 5.91 Å². The molecule has 0 fully saturated rings. The fourth-order valence-corrected chi connectivity index (χ4v) is 1.60. The van der Waals surface area contributed by atoms with Gasteiger partial charge in [0.15, 0.2) is 5.76 Å². The number of furan rings is 1. The molecule has 0 radical (unpaired) electrons. The van der Waals surface area contributed by atoms with Crippen LogP contribution in [0.2, 0.25) is 0 Å². The smallest absolute Gasteiger partial charge is 0.291 e. The Morgan fingerprint density at radius 3 is 2.58 bits per heavy atom. The molecule has 19 heavy (non-hydrogen) atoms. The number of pyridine rings is 1. The summed E-state index contributed by atoms with van der Waals surface area (Å²) in [6.07, 6.45) is 1.61. The van der Waals surface area contributed by atoms with E-state index < -0.39 is 0 Å². The zero-order valence-electron chi connectivity index (χ0n) is 11.2. The van der Waals surface area contributed by atoms with Crippen LogP contribution in [0, 0.1) is 6.92 Å². The number of hydrogen-bond donors (Lipinski definition) is 2. The van der Waals surface area contributed by atoms with E-state index >= 15 is 0 Å². The Labute approximate surface area is 112 Å². The van der Waals surface area contributed by atoms with Gasteiger partial charge in [-0.15, -0.1) is 0 Å². The molecule has 2 aromatic rings. The van der Waals surface area contributed by atoms with Crippen LogP contribution in [0.3, 0.4) is 0 Å². The Balaban J connectivity index is 2.01. The summed E-state index contributed by atoms with van der Waals surface area (Å²) in [4.78, 5) is 16.1. The van der Waals surface area contributed by atoms with Crippen molar-refractivity contribution in [3.05, 3.63) is 42.0 Å². The molecule has 0 unspecified atom stereocenters. The fraction of sp³-hybridized carbons (Fsp3) is 0.286. The lowest BCUT2D eigenvalue weighted by Gasteiger charge is -2.09. The van der Waals surface area contributed by atoms with Gasteiger partial charge in [-0.3, -0.25) is 4.79 Å². The number of aromatic nitrogens is 1. The van der Waals surface area contributed by atoms with E-state index in [1.165, 1.54) is 0 Å². The third-order valence-electron chi connectivity index (χ3n) is 2.42. The first-order valence-electron chi connectivity index (χ1n) is 6.15. The third-order valence-corrected chi connectivity index (χ3v) is 2.42. The van der Waals surface area contributed by atoms with Gasteiger partial charge in [0.1, 0.15) is 11.6 Å². The summed E-state index contributed by atoms with van der Waals surface area (Å²) in [5, 5.41) is 5.91. The molecule has 5 nitrogen and oxygen atoms in total. The topological polar surface area (TPSA) is 67.2 Å². The molecule has 0 aliphatic heterocycles. The molecular weight excluding hydrogens is 242 g/mol. The number of anilines is 2. The zero-order valence-corrected chi connectivity index (χ0v) is 11.2.